The van der Waals surface area contributed by atoms with Gasteiger partial charge in [-0.15, -0.1) is 0 Å². The van der Waals surface area contributed by atoms with E-state index in [0.717, 1.165) is 10.9 Å². The molecule has 0 spiro atoms. The molecular weight excluding hydrogens is 554 g/mol. The molecule has 43 heavy (non-hydrogen) atoms. The summed E-state index contributed by atoms with van der Waals surface area (Å²) >= 11 is 0. The lowest BCUT2D eigenvalue weighted by Gasteiger charge is -2.25. The van der Waals surface area contributed by atoms with Gasteiger partial charge in [-0.3, -0.25) is 19.2 Å². The molecule has 3 amide bonds. The van der Waals surface area contributed by atoms with Crippen LogP contribution in [0.15, 0.2) is 60.8 Å². The number of hydrogen-bond donors (Lipinski definition) is 7. The van der Waals surface area contributed by atoms with Crippen LogP contribution in [0.5, 0.6) is 0 Å². The van der Waals surface area contributed by atoms with Crippen molar-refractivity contribution in [2.75, 3.05) is 0 Å². The molecule has 4 atom stereocenters. The van der Waals surface area contributed by atoms with E-state index >= 15 is 0 Å². The van der Waals surface area contributed by atoms with E-state index in [4.69, 9.17) is 5.73 Å². The van der Waals surface area contributed by atoms with E-state index in [0.29, 0.717) is 17.5 Å². The average Bonchev–Trinajstić information content (AvgIpc) is 3.37. The fraction of sp³-hybridized carbons (Fsp3) is 0.387. The van der Waals surface area contributed by atoms with Crippen LogP contribution in [0.1, 0.15) is 44.2 Å². The largest absolute Gasteiger partial charge is 0.481 e. The molecular formula is C31H39N5O7. The Morgan fingerprint density at radius 1 is 0.791 bits per heavy atom. The Hall–Kier alpha value is -4.71. The average molecular weight is 594 g/mol. The van der Waals surface area contributed by atoms with Crippen molar-refractivity contribution in [3.05, 3.63) is 71.9 Å². The van der Waals surface area contributed by atoms with Crippen molar-refractivity contribution in [1.82, 2.24) is 20.9 Å². The zero-order valence-corrected chi connectivity index (χ0v) is 24.2. The van der Waals surface area contributed by atoms with E-state index in [1.165, 1.54) is 0 Å². The van der Waals surface area contributed by atoms with Gasteiger partial charge in [-0.1, -0.05) is 62.4 Å². The molecule has 8 N–H and O–H groups in total. The normalized spacial score (nSPS) is 14.0. The second kappa shape index (κ2) is 15.5. The molecule has 0 aliphatic rings. The minimum atomic E-state index is -1.31. The van der Waals surface area contributed by atoms with E-state index in [2.05, 4.69) is 20.9 Å². The van der Waals surface area contributed by atoms with Gasteiger partial charge in [0.15, 0.2) is 0 Å². The number of benzene rings is 2. The minimum Gasteiger partial charge on any atom is -0.481 e. The molecule has 0 saturated carbocycles. The quantitative estimate of drug-likeness (QED) is 0.130. The second-order valence-electron chi connectivity index (χ2n) is 10.9. The van der Waals surface area contributed by atoms with Crippen LogP contribution in [0.3, 0.4) is 0 Å². The summed E-state index contributed by atoms with van der Waals surface area (Å²) < 4.78 is 0. The Balaban J connectivity index is 1.81. The minimum absolute atomic E-state index is 0.0118. The first-order valence-electron chi connectivity index (χ1n) is 14.1. The highest BCUT2D eigenvalue weighted by Crippen LogP contribution is 2.19. The molecule has 1 heterocycles. The van der Waals surface area contributed by atoms with Crippen molar-refractivity contribution in [3.8, 4) is 0 Å². The molecule has 2 aromatic carbocycles. The van der Waals surface area contributed by atoms with Crippen molar-refractivity contribution in [2.24, 2.45) is 11.7 Å². The van der Waals surface area contributed by atoms with Crippen LogP contribution < -0.4 is 21.7 Å². The predicted molar refractivity (Wildman–Crippen MR) is 160 cm³/mol. The second-order valence-corrected chi connectivity index (χ2v) is 10.9. The van der Waals surface area contributed by atoms with E-state index in [9.17, 15) is 34.2 Å². The number of H-pyrrole nitrogens is 1. The Bertz CT molecular complexity index is 1420. The Labute approximate surface area is 249 Å². The lowest BCUT2D eigenvalue weighted by Crippen LogP contribution is -2.58. The van der Waals surface area contributed by atoms with Crippen LogP contribution in [0.4, 0.5) is 0 Å². The molecule has 0 aliphatic heterocycles. The van der Waals surface area contributed by atoms with Crippen molar-refractivity contribution in [1.29, 1.82) is 0 Å². The molecule has 4 unspecified atom stereocenters. The lowest BCUT2D eigenvalue weighted by atomic mass is 10.0. The van der Waals surface area contributed by atoms with Crippen LogP contribution >= 0.6 is 0 Å². The van der Waals surface area contributed by atoms with Crippen LogP contribution in [-0.4, -0.2) is 69.0 Å². The lowest BCUT2D eigenvalue weighted by molar-refractivity contribution is -0.142. The van der Waals surface area contributed by atoms with Crippen molar-refractivity contribution >= 4 is 40.6 Å². The van der Waals surface area contributed by atoms with Crippen LogP contribution in [0, 0.1) is 5.92 Å². The van der Waals surface area contributed by atoms with Gasteiger partial charge in [-0.05, 0) is 36.0 Å². The van der Waals surface area contributed by atoms with Gasteiger partial charge in [0.25, 0.3) is 0 Å². The number of carboxylic acids is 2. The summed E-state index contributed by atoms with van der Waals surface area (Å²) in [6.07, 6.45) is 1.39. The maximum Gasteiger partial charge on any atom is 0.326 e. The van der Waals surface area contributed by atoms with E-state index in [1.807, 2.05) is 38.1 Å². The van der Waals surface area contributed by atoms with Gasteiger partial charge in [0, 0.05) is 36.4 Å². The summed E-state index contributed by atoms with van der Waals surface area (Å²) in [7, 11) is 0. The molecule has 0 radical (unpaired) electrons. The number of carbonyl (C=O) groups is 5. The third-order valence-electron chi connectivity index (χ3n) is 6.97. The zero-order valence-electron chi connectivity index (χ0n) is 24.2. The van der Waals surface area contributed by atoms with E-state index in [-0.39, 0.29) is 25.2 Å². The van der Waals surface area contributed by atoms with Gasteiger partial charge < -0.3 is 36.9 Å². The molecule has 3 aromatic rings. The molecule has 0 fully saturated rings. The standard InChI is InChI=1S/C31H39N5O7/c1-18(2)14-22(32)28(39)34-24(12-13-27(37)38)29(40)35-25(15-19-8-4-3-5-9-19)30(41)36-26(31(42)43)16-20-17-33-23-11-7-6-10-21(20)23/h3-11,17-18,22,24-26,33H,12-16,32H2,1-2H3,(H,34,39)(H,35,40)(H,36,41)(H,37,38)(H,42,43). The number of para-hydroxylation sites is 1. The summed E-state index contributed by atoms with van der Waals surface area (Å²) in [6, 6.07) is 11.5. The number of amides is 3. The van der Waals surface area contributed by atoms with Crippen LogP contribution in [0.2, 0.25) is 0 Å². The number of fused-ring (bicyclic) bond motifs is 1. The number of nitrogens with two attached hydrogens (primary N) is 1. The summed E-state index contributed by atoms with van der Waals surface area (Å²) in [6.45, 7) is 3.77. The number of aromatic amines is 1. The predicted octanol–water partition coefficient (Wildman–Crippen LogP) is 1.73. The van der Waals surface area contributed by atoms with E-state index < -0.39 is 60.2 Å². The first-order valence-corrected chi connectivity index (χ1v) is 14.1. The fourth-order valence-corrected chi connectivity index (χ4v) is 4.75. The summed E-state index contributed by atoms with van der Waals surface area (Å²) in [4.78, 5) is 66.2. The number of aliphatic carboxylic acids is 2. The zero-order chi connectivity index (χ0) is 31.5. The molecule has 12 heteroatoms. The Kier molecular flexibility index (Phi) is 11.8. The maximum atomic E-state index is 13.5. The monoisotopic (exact) mass is 593 g/mol. The van der Waals surface area contributed by atoms with Gasteiger partial charge in [0.05, 0.1) is 6.04 Å². The topological polar surface area (TPSA) is 204 Å². The van der Waals surface area contributed by atoms with E-state index in [1.54, 1.807) is 36.5 Å². The highest BCUT2D eigenvalue weighted by molar-refractivity contribution is 5.94. The summed E-state index contributed by atoms with van der Waals surface area (Å²) in [5.41, 5.74) is 8.18. The first kappa shape index (κ1) is 32.8. The highest BCUT2D eigenvalue weighted by atomic mass is 16.4. The fourth-order valence-electron chi connectivity index (χ4n) is 4.75. The molecule has 1 aromatic heterocycles. The highest BCUT2D eigenvalue weighted by Gasteiger charge is 2.31. The maximum absolute atomic E-state index is 13.5. The third-order valence-corrected chi connectivity index (χ3v) is 6.97. The van der Waals surface area contributed by atoms with Crippen molar-refractivity contribution < 1.29 is 34.2 Å². The number of carboxylic acid groups (broad SMARTS) is 2. The van der Waals surface area contributed by atoms with Gasteiger partial charge >= 0.3 is 11.9 Å². The Morgan fingerprint density at radius 3 is 2.05 bits per heavy atom. The molecule has 12 nitrogen and oxygen atoms in total. The van der Waals surface area contributed by atoms with Gasteiger partial charge in [-0.2, -0.15) is 0 Å². The first-order chi connectivity index (χ1) is 20.4. The molecule has 230 valence electrons. The number of hydrogen-bond acceptors (Lipinski definition) is 6. The summed E-state index contributed by atoms with van der Waals surface area (Å²) in [5, 5.41) is 27.6. The van der Waals surface area contributed by atoms with Crippen molar-refractivity contribution in [2.45, 2.75) is 70.1 Å². The molecule has 0 bridgehead atoms. The number of carbonyl (C=O) groups excluding carboxylic acids is 3. The summed E-state index contributed by atoms with van der Waals surface area (Å²) in [5.74, 6) is -4.46. The SMILES string of the molecule is CC(C)CC(N)C(=O)NC(CCC(=O)O)C(=O)NC(Cc1ccccc1)C(=O)NC(Cc1c[nH]c2ccccc12)C(=O)O. The Morgan fingerprint density at radius 2 is 1.40 bits per heavy atom. The molecule has 3 rings (SSSR count). The molecule has 0 aliphatic carbocycles. The third kappa shape index (κ3) is 9.96. The van der Waals surface area contributed by atoms with Crippen molar-refractivity contribution in [3.63, 3.8) is 0 Å². The van der Waals surface area contributed by atoms with Gasteiger partial charge in [0.2, 0.25) is 17.7 Å². The molecule has 0 saturated heterocycles. The number of nitrogens with one attached hydrogen (secondary N) is 4. The van der Waals surface area contributed by atoms with Crippen LogP contribution in [0.25, 0.3) is 10.9 Å². The van der Waals surface area contributed by atoms with Gasteiger partial charge in [-0.25, -0.2) is 4.79 Å². The van der Waals surface area contributed by atoms with Crippen LogP contribution in [-0.2, 0) is 36.8 Å². The number of rotatable bonds is 16. The number of aromatic nitrogens is 1. The smallest absolute Gasteiger partial charge is 0.326 e. The van der Waals surface area contributed by atoms with Gasteiger partial charge in [0.1, 0.15) is 18.1 Å².